The van der Waals surface area contributed by atoms with Gasteiger partial charge in [0.1, 0.15) is 5.82 Å². The van der Waals surface area contributed by atoms with Gasteiger partial charge in [-0.1, -0.05) is 23.7 Å². The molecule has 1 N–H and O–H groups in total. The fourth-order valence-corrected chi connectivity index (χ4v) is 3.82. The summed E-state index contributed by atoms with van der Waals surface area (Å²) in [5.41, 5.74) is 2.31. The molecule has 4 rings (SSSR count). The average molecular weight is 388 g/mol. The number of amides is 2. The summed E-state index contributed by atoms with van der Waals surface area (Å²) in [6.07, 6.45) is 2.18. The van der Waals surface area contributed by atoms with Crippen LogP contribution >= 0.6 is 11.6 Å². The van der Waals surface area contributed by atoms with Gasteiger partial charge in [0.05, 0.1) is 0 Å². The number of anilines is 1. The molecule has 1 aliphatic carbocycles. The quantitative estimate of drug-likeness (QED) is 0.859. The van der Waals surface area contributed by atoms with Gasteiger partial charge >= 0.3 is 6.03 Å². The van der Waals surface area contributed by atoms with Gasteiger partial charge in [-0.3, -0.25) is 0 Å². The lowest BCUT2D eigenvalue weighted by Crippen LogP contribution is -2.52. The average Bonchev–Trinajstić information content (AvgIpc) is 3.48. The van der Waals surface area contributed by atoms with Crippen molar-refractivity contribution in [3.8, 4) is 0 Å². The maximum atomic E-state index is 13.1. The molecule has 1 saturated heterocycles. The van der Waals surface area contributed by atoms with Gasteiger partial charge in [-0.15, -0.1) is 0 Å². The molecule has 1 aliphatic heterocycles. The van der Waals surface area contributed by atoms with Gasteiger partial charge in [0.2, 0.25) is 0 Å². The Kier molecular flexibility index (Phi) is 4.96. The van der Waals surface area contributed by atoms with E-state index < -0.39 is 0 Å². The highest BCUT2D eigenvalue weighted by atomic mass is 35.5. The first-order chi connectivity index (χ1) is 13.1. The van der Waals surface area contributed by atoms with Crippen molar-refractivity contribution in [2.24, 2.45) is 0 Å². The van der Waals surface area contributed by atoms with Crippen LogP contribution in [0.4, 0.5) is 14.9 Å². The molecule has 0 aromatic heterocycles. The second-order valence-electron chi connectivity index (χ2n) is 7.40. The number of nitrogens with zero attached hydrogens (tertiary/aromatic N) is 2. The number of urea groups is 1. The molecule has 142 valence electrons. The highest BCUT2D eigenvalue weighted by Gasteiger charge is 2.44. The molecule has 0 bridgehead atoms. The first kappa shape index (κ1) is 18.1. The van der Waals surface area contributed by atoms with Crippen molar-refractivity contribution in [3.63, 3.8) is 0 Å². The van der Waals surface area contributed by atoms with Crippen LogP contribution in [0.5, 0.6) is 0 Å². The van der Waals surface area contributed by atoms with Crippen LogP contribution in [-0.4, -0.2) is 43.7 Å². The maximum Gasteiger partial charge on any atom is 0.317 e. The van der Waals surface area contributed by atoms with Crippen molar-refractivity contribution in [2.45, 2.75) is 18.3 Å². The summed E-state index contributed by atoms with van der Waals surface area (Å²) in [6.45, 7) is 3.49. The van der Waals surface area contributed by atoms with Crippen molar-refractivity contribution in [2.75, 3.05) is 37.6 Å². The molecule has 1 heterocycles. The van der Waals surface area contributed by atoms with Crippen LogP contribution in [0.3, 0.4) is 0 Å². The zero-order valence-corrected chi connectivity index (χ0v) is 15.9. The highest BCUT2D eigenvalue weighted by molar-refractivity contribution is 6.30. The number of hydrogen-bond acceptors (Lipinski definition) is 2. The third-order valence-corrected chi connectivity index (χ3v) is 5.90. The topological polar surface area (TPSA) is 35.6 Å². The van der Waals surface area contributed by atoms with E-state index in [0.29, 0.717) is 19.6 Å². The highest BCUT2D eigenvalue weighted by Crippen LogP contribution is 2.47. The predicted octanol–water partition coefficient (Wildman–Crippen LogP) is 4.04. The molecule has 27 heavy (non-hydrogen) atoms. The Morgan fingerprint density at radius 1 is 1.00 bits per heavy atom. The molecule has 2 aromatic carbocycles. The standard InChI is InChI=1S/C21H23ClFN3O/c22-17-3-1-16(2-4-17)21(9-10-21)15-24-20(27)26-13-11-25(12-14-26)19-7-5-18(23)6-8-19/h1-8H,9-15H2,(H,24,27). The Balaban J connectivity index is 1.28. The Morgan fingerprint density at radius 2 is 1.63 bits per heavy atom. The van der Waals surface area contributed by atoms with Crippen LogP contribution in [0.2, 0.25) is 5.02 Å². The Hall–Kier alpha value is -2.27. The van der Waals surface area contributed by atoms with Crippen LogP contribution in [0, 0.1) is 5.82 Å². The molecule has 4 nitrogen and oxygen atoms in total. The van der Waals surface area contributed by atoms with E-state index in [9.17, 15) is 9.18 Å². The zero-order chi connectivity index (χ0) is 18.9. The van der Waals surface area contributed by atoms with E-state index in [1.165, 1.54) is 17.7 Å². The lowest BCUT2D eigenvalue weighted by atomic mass is 9.96. The molecular formula is C21H23ClFN3O. The minimum atomic E-state index is -0.230. The minimum Gasteiger partial charge on any atom is -0.368 e. The van der Waals surface area contributed by atoms with E-state index in [-0.39, 0.29) is 17.3 Å². The minimum absolute atomic E-state index is 0.00556. The first-order valence-corrected chi connectivity index (χ1v) is 9.73. The van der Waals surface area contributed by atoms with E-state index >= 15 is 0 Å². The normalized spacial score (nSPS) is 18.3. The molecule has 2 aromatic rings. The molecule has 0 spiro atoms. The van der Waals surface area contributed by atoms with Crippen molar-refractivity contribution < 1.29 is 9.18 Å². The van der Waals surface area contributed by atoms with Crippen molar-refractivity contribution in [1.29, 1.82) is 0 Å². The van der Waals surface area contributed by atoms with Crippen molar-refractivity contribution in [3.05, 3.63) is 64.9 Å². The van der Waals surface area contributed by atoms with Crippen LogP contribution in [-0.2, 0) is 5.41 Å². The molecule has 0 radical (unpaired) electrons. The molecule has 0 unspecified atom stereocenters. The van der Waals surface area contributed by atoms with Gasteiger partial charge in [0.15, 0.2) is 0 Å². The van der Waals surface area contributed by atoms with Crippen LogP contribution < -0.4 is 10.2 Å². The van der Waals surface area contributed by atoms with Crippen molar-refractivity contribution in [1.82, 2.24) is 10.2 Å². The lowest BCUT2D eigenvalue weighted by molar-refractivity contribution is 0.193. The van der Waals surface area contributed by atoms with Gasteiger partial charge < -0.3 is 15.1 Å². The summed E-state index contributed by atoms with van der Waals surface area (Å²) in [5.74, 6) is -0.230. The summed E-state index contributed by atoms with van der Waals surface area (Å²) in [7, 11) is 0. The fraction of sp³-hybridized carbons (Fsp3) is 0.381. The summed E-state index contributed by atoms with van der Waals surface area (Å²) < 4.78 is 13.1. The van der Waals surface area contributed by atoms with Gasteiger partial charge in [0, 0.05) is 48.8 Å². The third-order valence-electron chi connectivity index (χ3n) is 5.65. The van der Waals surface area contributed by atoms with Crippen molar-refractivity contribution >= 4 is 23.3 Å². The molecular weight excluding hydrogens is 365 g/mol. The first-order valence-electron chi connectivity index (χ1n) is 9.35. The van der Waals surface area contributed by atoms with E-state index in [1.54, 1.807) is 12.1 Å². The third kappa shape index (κ3) is 4.03. The van der Waals surface area contributed by atoms with E-state index in [1.807, 2.05) is 17.0 Å². The second kappa shape index (κ2) is 7.39. The van der Waals surface area contributed by atoms with Crippen LogP contribution in [0.25, 0.3) is 0 Å². The van der Waals surface area contributed by atoms with E-state index in [0.717, 1.165) is 36.6 Å². The molecule has 2 aliphatic rings. The number of halogens is 2. The molecule has 2 amide bonds. The predicted molar refractivity (Wildman–Crippen MR) is 106 cm³/mol. The second-order valence-corrected chi connectivity index (χ2v) is 7.83. The summed E-state index contributed by atoms with van der Waals surface area (Å²) >= 11 is 5.98. The Bertz CT molecular complexity index is 797. The van der Waals surface area contributed by atoms with E-state index in [2.05, 4.69) is 22.3 Å². The summed E-state index contributed by atoms with van der Waals surface area (Å²) in [6, 6.07) is 14.4. The molecule has 2 fully saturated rings. The molecule has 6 heteroatoms. The lowest BCUT2D eigenvalue weighted by Gasteiger charge is -2.36. The zero-order valence-electron chi connectivity index (χ0n) is 15.1. The Morgan fingerprint density at radius 3 is 2.22 bits per heavy atom. The van der Waals surface area contributed by atoms with Gasteiger partial charge in [-0.05, 0) is 54.8 Å². The number of rotatable bonds is 4. The number of benzene rings is 2. The van der Waals surface area contributed by atoms with E-state index in [4.69, 9.17) is 11.6 Å². The van der Waals surface area contributed by atoms with Crippen LogP contribution in [0.1, 0.15) is 18.4 Å². The van der Waals surface area contributed by atoms with Gasteiger partial charge in [0.25, 0.3) is 0 Å². The van der Waals surface area contributed by atoms with Gasteiger partial charge in [-0.2, -0.15) is 0 Å². The fourth-order valence-electron chi connectivity index (χ4n) is 3.70. The Labute approximate surface area is 163 Å². The summed E-state index contributed by atoms with van der Waals surface area (Å²) in [4.78, 5) is 16.6. The number of nitrogens with one attached hydrogen (secondary N) is 1. The number of carbonyl (C=O) groups excluding carboxylic acids is 1. The maximum absolute atomic E-state index is 13.1. The monoisotopic (exact) mass is 387 g/mol. The van der Waals surface area contributed by atoms with Gasteiger partial charge in [-0.25, -0.2) is 9.18 Å². The summed E-state index contributed by atoms with van der Waals surface area (Å²) in [5, 5.41) is 3.85. The smallest absolute Gasteiger partial charge is 0.317 e. The SMILES string of the molecule is O=C(NCC1(c2ccc(Cl)cc2)CC1)N1CCN(c2ccc(F)cc2)CC1. The molecule has 1 saturated carbocycles. The largest absolute Gasteiger partial charge is 0.368 e. The number of piperazine rings is 1. The molecule has 0 atom stereocenters. The van der Waals surface area contributed by atoms with Crippen LogP contribution in [0.15, 0.2) is 48.5 Å². The number of hydrogen-bond donors (Lipinski definition) is 1. The number of carbonyl (C=O) groups is 1.